The highest BCUT2D eigenvalue weighted by atomic mass is 32.2. The molecule has 0 aromatic rings. The molecule has 0 rings (SSSR count). The summed E-state index contributed by atoms with van der Waals surface area (Å²) < 4.78 is 31.6. The topological polar surface area (TPSA) is 90.7 Å². The van der Waals surface area contributed by atoms with E-state index in [4.69, 9.17) is 5.26 Å². The number of rotatable bonds is 8. The van der Waals surface area contributed by atoms with Gasteiger partial charge in [0.15, 0.2) is 0 Å². The Bertz CT molecular complexity index is 458. The van der Waals surface area contributed by atoms with Crippen molar-refractivity contribution in [2.24, 2.45) is 11.8 Å². The van der Waals surface area contributed by atoms with Crippen LogP contribution in [0.1, 0.15) is 20.8 Å². The minimum atomic E-state index is -3.69. The quantitative estimate of drug-likeness (QED) is 0.607. The second kappa shape index (κ2) is 8.19. The third-order valence-corrected chi connectivity index (χ3v) is 4.90. The normalized spacial score (nSPS) is 14.9. The minimum Gasteiger partial charge on any atom is -0.469 e. The highest BCUT2D eigenvalue weighted by molar-refractivity contribution is 7.86. The summed E-state index contributed by atoms with van der Waals surface area (Å²) in [7, 11) is -1.01. The number of carbonyl (C=O) groups is 1. The van der Waals surface area contributed by atoms with Gasteiger partial charge in [-0.1, -0.05) is 13.8 Å². The molecule has 0 bridgehead atoms. The summed E-state index contributed by atoms with van der Waals surface area (Å²) in [5, 5.41) is 8.79. The summed E-state index contributed by atoms with van der Waals surface area (Å²) in [4.78, 5) is 11.3. The van der Waals surface area contributed by atoms with Gasteiger partial charge >= 0.3 is 5.97 Å². The Morgan fingerprint density at radius 1 is 1.35 bits per heavy atom. The fourth-order valence-corrected chi connectivity index (χ4v) is 3.23. The zero-order valence-electron chi connectivity index (χ0n) is 12.7. The number of nitriles is 1. The zero-order chi connectivity index (χ0) is 15.9. The number of hydrogen-bond acceptors (Lipinski definition) is 5. The van der Waals surface area contributed by atoms with Crippen LogP contribution in [0.15, 0.2) is 0 Å². The Hall–Kier alpha value is -1.17. The van der Waals surface area contributed by atoms with Crippen molar-refractivity contribution in [3.8, 4) is 6.07 Å². The number of nitrogens with zero attached hydrogens (tertiary/aromatic N) is 3. The first kappa shape index (κ1) is 18.8. The molecule has 7 nitrogen and oxygen atoms in total. The van der Waals surface area contributed by atoms with Crippen molar-refractivity contribution in [1.29, 1.82) is 5.26 Å². The fourth-order valence-electron chi connectivity index (χ4n) is 1.69. The second-order valence-electron chi connectivity index (χ2n) is 4.69. The summed E-state index contributed by atoms with van der Waals surface area (Å²) >= 11 is 0. The highest BCUT2D eigenvalue weighted by Gasteiger charge is 2.29. The van der Waals surface area contributed by atoms with Gasteiger partial charge in [0.1, 0.15) is 0 Å². The predicted molar refractivity (Wildman–Crippen MR) is 74.8 cm³/mol. The third-order valence-electron chi connectivity index (χ3n) is 2.91. The number of esters is 1. The molecule has 0 aliphatic rings. The molecular formula is C12H23N3O4S. The highest BCUT2D eigenvalue weighted by Crippen LogP contribution is 2.12. The first-order valence-corrected chi connectivity index (χ1v) is 7.79. The molecular weight excluding hydrogens is 282 g/mol. The largest absolute Gasteiger partial charge is 0.469 e. The molecule has 0 spiro atoms. The summed E-state index contributed by atoms with van der Waals surface area (Å²) in [6, 6.07) is 2.01. The van der Waals surface area contributed by atoms with Crippen LogP contribution in [0.4, 0.5) is 0 Å². The van der Waals surface area contributed by atoms with Gasteiger partial charge in [-0.15, -0.1) is 0 Å². The van der Waals surface area contributed by atoms with E-state index < -0.39 is 28.0 Å². The Morgan fingerprint density at radius 2 is 1.90 bits per heavy atom. The first-order valence-electron chi connectivity index (χ1n) is 6.39. The van der Waals surface area contributed by atoms with E-state index in [2.05, 4.69) is 4.74 Å². The van der Waals surface area contributed by atoms with Crippen LogP contribution in [0.2, 0.25) is 0 Å². The lowest BCUT2D eigenvalue weighted by Crippen LogP contribution is -2.45. The van der Waals surface area contributed by atoms with Crippen LogP contribution in [0.5, 0.6) is 0 Å². The molecule has 0 heterocycles. The van der Waals surface area contributed by atoms with Crippen molar-refractivity contribution >= 4 is 16.2 Å². The molecule has 2 atom stereocenters. The molecule has 20 heavy (non-hydrogen) atoms. The van der Waals surface area contributed by atoms with Crippen LogP contribution in [0, 0.1) is 23.2 Å². The first-order chi connectivity index (χ1) is 9.20. The van der Waals surface area contributed by atoms with E-state index in [0.29, 0.717) is 0 Å². The molecule has 0 aliphatic heterocycles. The number of carbonyl (C=O) groups excluding carboxylic acids is 1. The van der Waals surface area contributed by atoms with Gasteiger partial charge in [-0.25, -0.2) is 0 Å². The fraction of sp³-hybridized carbons (Fsp3) is 0.833. The van der Waals surface area contributed by atoms with Gasteiger partial charge in [-0.05, 0) is 6.92 Å². The number of methoxy groups -OCH3 is 1. The maximum absolute atomic E-state index is 12.3. The van der Waals surface area contributed by atoms with Crippen molar-refractivity contribution in [1.82, 2.24) is 8.61 Å². The molecule has 0 N–H and O–H groups in total. The van der Waals surface area contributed by atoms with Crippen LogP contribution in [0.3, 0.4) is 0 Å². The molecule has 0 saturated carbocycles. The smallest absolute Gasteiger partial charge is 0.309 e. The van der Waals surface area contributed by atoms with Gasteiger partial charge in [-0.2, -0.15) is 22.3 Å². The van der Waals surface area contributed by atoms with Crippen molar-refractivity contribution in [3.63, 3.8) is 0 Å². The van der Waals surface area contributed by atoms with Crippen LogP contribution in [0.25, 0.3) is 0 Å². The standard InChI is InChI=1S/C12H23N3O4S/c1-6-15(8-10(2)7-13)20(17,18)14(4)9-11(3)12(16)19-5/h10-11H,6,8-9H2,1-5H3/t10-,11-/m0/s1. The molecule has 0 unspecified atom stereocenters. The maximum Gasteiger partial charge on any atom is 0.309 e. The monoisotopic (exact) mass is 305 g/mol. The molecule has 116 valence electrons. The summed E-state index contributed by atoms with van der Waals surface area (Å²) in [6.45, 7) is 5.41. The average molecular weight is 305 g/mol. The number of hydrogen-bond donors (Lipinski definition) is 0. The Morgan fingerprint density at radius 3 is 2.30 bits per heavy atom. The van der Waals surface area contributed by atoms with Crippen molar-refractivity contribution in [3.05, 3.63) is 0 Å². The summed E-state index contributed by atoms with van der Waals surface area (Å²) in [5.41, 5.74) is 0. The van der Waals surface area contributed by atoms with Crippen LogP contribution >= 0.6 is 0 Å². The van der Waals surface area contributed by atoms with Crippen molar-refractivity contribution < 1.29 is 17.9 Å². The Balaban J connectivity index is 4.92. The molecule has 0 amide bonds. The second-order valence-corrected chi connectivity index (χ2v) is 6.73. The minimum absolute atomic E-state index is 0.0342. The van der Waals surface area contributed by atoms with Gasteiger partial charge in [0.25, 0.3) is 10.2 Å². The van der Waals surface area contributed by atoms with E-state index >= 15 is 0 Å². The van der Waals surface area contributed by atoms with Crippen LogP contribution in [-0.4, -0.2) is 56.8 Å². The van der Waals surface area contributed by atoms with E-state index in [1.54, 1.807) is 20.8 Å². The van der Waals surface area contributed by atoms with E-state index in [0.717, 1.165) is 4.31 Å². The Kier molecular flexibility index (Phi) is 7.71. The summed E-state index contributed by atoms with van der Waals surface area (Å²) in [5.74, 6) is -1.40. The number of ether oxygens (including phenoxy) is 1. The lowest BCUT2D eigenvalue weighted by molar-refractivity contribution is -0.145. The molecule has 0 aromatic carbocycles. The lowest BCUT2D eigenvalue weighted by Gasteiger charge is -2.28. The van der Waals surface area contributed by atoms with Gasteiger partial charge in [0.05, 0.1) is 25.0 Å². The lowest BCUT2D eigenvalue weighted by atomic mass is 10.2. The predicted octanol–water partition coefficient (Wildman–Crippen LogP) is 0.454. The van der Waals surface area contributed by atoms with Crippen LogP contribution < -0.4 is 0 Å². The molecule has 0 fully saturated rings. The van der Waals surface area contributed by atoms with Crippen molar-refractivity contribution in [2.75, 3.05) is 33.8 Å². The van der Waals surface area contributed by atoms with E-state index in [9.17, 15) is 13.2 Å². The van der Waals surface area contributed by atoms with Gasteiger partial charge in [0.2, 0.25) is 0 Å². The van der Waals surface area contributed by atoms with E-state index in [-0.39, 0.29) is 19.6 Å². The molecule has 0 saturated heterocycles. The van der Waals surface area contributed by atoms with E-state index in [1.165, 1.54) is 18.5 Å². The average Bonchev–Trinajstić information content (AvgIpc) is 2.42. The van der Waals surface area contributed by atoms with Crippen molar-refractivity contribution in [2.45, 2.75) is 20.8 Å². The molecule has 8 heteroatoms. The van der Waals surface area contributed by atoms with Gasteiger partial charge in [-0.3, -0.25) is 4.79 Å². The van der Waals surface area contributed by atoms with Crippen LogP contribution in [-0.2, 0) is 19.7 Å². The SMILES string of the molecule is CCN(C[C@@H](C)C#N)S(=O)(=O)N(C)C[C@H](C)C(=O)OC. The summed E-state index contributed by atoms with van der Waals surface area (Å²) in [6.07, 6.45) is 0. The Labute approximate surface area is 121 Å². The van der Waals surface area contributed by atoms with Gasteiger partial charge in [0, 0.05) is 26.7 Å². The molecule has 0 aliphatic carbocycles. The molecule has 0 aromatic heterocycles. The maximum atomic E-state index is 12.3. The van der Waals surface area contributed by atoms with E-state index in [1.807, 2.05) is 6.07 Å². The zero-order valence-corrected chi connectivity index (χ0v) is 13.5. The third kappa shape index (κ3) is 5.07. The molecule has 0 radical (unpaired) electrons. The van der Waals surface area contributed by atoms with Gasteiger partial charge < -0.3 is 4.74 Å².